The minimum absolute atomic E-state index is 0. The van der Waals surface area contributed by atoms with Crippen molar-refractivity contribution in [1.82, 2.24) is 0 Å². The van der Waals surface area contributed by atoms with Crippen LogP contribution >= 0.6 is 37.2 Å². The number of halogens is 3. The van der Waals surface area contributed by atoms with Crippen LogP contribution in [0, 0.1) is 5.92 Å². The van der Waals surface area contributed by atoms with Crippen molar-refractivity contribution in [2.75, 3.05) is 0 Å². The fraction of sp³-hybridized carbons (Fsp3) is 0.500. The first-order valence-electron chi connectivity index (χ1n) is 18.1. The van der Waals surface area contributed by atoms with Crippen molar-refractivity contribution < 1.29 is 20.4 Å². The second-order valence-electron chi connectivity index (χ2n) is 16.2. The fourth-order valence-electron chi connectivity index (χ4n) is 7.17. The van der Waals surface area contributed by atoms with Crippen LogP contribution in [0.25, 0.3) is 0 Å². The zero-order valence-electron chi connectivity index (χ0n) is 32.7. The molecule has 0 radical (unpaired) electrons. The van der Waals surface area contributed by atoms with Crippen molar-refractivity contribution in [3.63, 3.8) is 0 Å². The third-order valence-electron chi connectivity index (χ3n) is 10.3. The van der Waals surface area contributed by atoms with E-state index in [1.54, 1.807) is 30.2 Å². The van der Waals surface area contributed by atoms with Crippen molar-refractivity contribution in [3.8, 4) is 0 Å². The van der Waals surface area contributed by atoms with E-state index in [2.05, 4.69) is 178 Å². The number of allylic oxidation sites excluding steroid dienone is 4. The van der Waals surface area contributed by atoms with Crippen LogP contribution in [0.1, 0.15) is 172 Å². The molecule has 0 saturated heterocycles. The Morgan fingerprint density at radius 2 is 0.653 bits per heavy atom. The first-order valence-corrected chi connectivity index (χ1v) is 20.9. The standard InChI is InChI=1S/C44H61Si.3ClH.Ti/c1-27(2)34-18-35(28(3)4)22-40(21-34)45(44-17-15-16-43(44)33(13)14,41-23-36(29(5)6)19-37(24-41)30(7)8)42-25-38(31(9)10)20-39(26-42)32(11)12;;;;/h16,18-33H,15H2,1-14H3;3*1H;. The predicted molar refractivity (Wildman–Crippen MR) is 225 cm³/mol. The SMILES string of the molecule is CC(C)C1=CC[C]([Ti])=C1[Si](c1cc(C(C)C)cc(C(C)C)c1)(c1cc(C(C)C)cc(C(C)C)c1)c1cc(C(C)C)cc(C(C)C)c1.Cl.Cl.Cl. The summed E-state index contributed by atoms with van der Waals surface area (Å²) in [6, 6.07) is 23.4. The molecule has 0 atom stereocenters. The Balaban J connectivity index is 0.00000400. The molecule has 0 bridgehead atoms. The molecule has 0 unspecified atom stereocenters. The van der Waals surface area contributed by atoms with Gasteiger partial charge in [0.05, 0.1) is 0 Å². The summed E-state index contributed by atoms with van der Waals surface area (Å²) in [4.78, 5) is 0. The van der Waals surface area contributed by atoms with Crippen molar-refractivity contribution in [3.05, 3.63) is 109 Å². The average molecular weight is 775 g/mol. The molecule has 0 spiro atoms. The molecule has 0 aromatic heterocycles. The molecule has 1 aliphatic carbocycles. The van der Waals surface area contributed by atoms with Gasteiger partial charge in [0.25, 0.3) is 0 Å². The molecule has 0 amide bonds. The second-order valence-corrected chi connectivity index (χ2v) is 20.9. The van der Waals surface area contributed by atoms with Crippen LogP contribution in [0.2, 0.25) is 0 Å². The van der Waals surface area contributed by atoms with Gasteiger partial charge in [0.1, 0.15) is 0 Å². The van der Waals surface area contributed by atoms with E-state index in [4.69, 9.17) is 0 Å². The fourth-order valence-corrected chi connectivity index (χ4v) is 14.0. The molecule has 0 nitrogen and oxygen atoms in total. The van der Waals surface area contributed by atoms with Gasteiger partial charge in [-0.3, -0.25) is 0 Å². The number of rotatable bonds is 11. The molecule has 269 valence electrons. The first-order chi connectivity index (χ1) is 21.5. The summed E-state index contributed by atoms with van der Waals surface area (Å²) in [6.45, 7) is 33.3. The molecule has 1 aliphatic rings. The molecule has 0 heterocycles. The van der Waals surface area contributed by atoms with E-state index in [9.17, 15) is 0 Å². The van der Waals surface area contributed by atoms with Gasteiger partial charge < -0.3 is 0 Å². The average Bonchev–Trinajstić information content (AvgIpc) is 3.38. The molecule has 5 heteroatoms. The molecular weight excluding hydrogens is 711 g/mol. The number of hydrogen-bond donors (Lipinski definition) is 0. The van der Waals surface area contributed by atoms with E-state index < -0.39 is 8.07 Å². The smallest absolute Gasteiger partial charge is 0.147 e. The van der Waals surface area contributed by atoms with Crippen molar-refractivity contribution in [2.45, 2.75) is 139 Å². The molecule has 49 heavy (non-hydrogen) atoms. The van der Waals surface area contributed by atoms with Gasteiger partial charge in [0.2, 0.25) is 0 Å². The summed E-state index contributed by atoms with van der Waals surface area (Å²) >= 11 is 2.45. The van der Waals surface area contributed by atoms with E-state index >= 15 is 0 Å². The van der Waals surface area contributed by atoms with Crippen molar-refractivity contribution >= 4 is 60.9 Å². The molecule has 3 aromatic carbocycles. The summed E-state index contributed by atoms with van der Waals surface area (Å²) in [5.41, 5.74) is 10.4. The zero-order valence-corrected chi connectivity index (χ0v) is 37.8. The van der Waals surface area contributed by atoms with Crippen LogP contribution in [0.15, 0.2) is 75.3 Å². The van der Waals surface area contributed by atoms with Crippen LogP contribution in [-0.2, 0) is 20.4 Å². The largest absolute Gasteiger partial charge is 0.147 e. The van der Waals surface area contributed by atoms with E-state index in [1.165, 1.54) is 33.4 Å². The third kappa shape index (κ3) is 9.49. The Morgan fingerprint density at radius 1 is 0.408 bits per heavy atom. The normalized spacial score (nSPS) is 13.5. The first kappa shape index (κ1) is 46.0. The van der Waals surface area contributed by atoms with Crippen LogP contribution < -0.4 is 15.6 Å². The Bertz CT molecular complexity index is 1390. The quantitative estimate of drug-likeness (QED) is 0.134. The molecule has 0 N–H and O–H groups in total. The van der Waals surface area contributed by atoms with Gasteiger partial charge in [-0.25, -0.2) is 0 Å². The zero-order chi connectivity index (χ0) is 34.2. The van der Waals surface area contributed by atoms with Gasteiger partial charge in [-0.05, 0) is 0 Å². The van der Waals surface area contributed by atoms with Crippen LogP contribution in [0.4, 0.5) is 0 Å². The Kier molecular flexibility index (Phi) is 17.5. The Labute approximate surface area is 332 Å². The summed E-state index contributed by atoms with van der Waals surface area (Å²) in [6.07, 6.45) is 3.64. The summed E-state index contributed by atoms with van der Waals surface area (Å²) < 4.78 is 1.57. The molecular formula is C44H64Cl3SiTi. The van der Waals surface area contributed by atoms with E-state index in [-0.39, 0.29) is 37.2 Å². The molecule has 0 saturated carbocycles. The topological polar surface area (TPSA) is 0 Å². The number of benzene rings is 3. The minimum Gasteiger partial charge on any atom is -0.147 e. The minimum atomic E-state index is -2.83. The third-order valence-corrected chi connectivity index (χ3v) is 16.2. The predicted octanol–water partition coefficient (Wildman–Crippen LogP) is 12.5. The van der Waals surface area contributed by atoms with Crippen molar-refractivity contribution in [1.29, 1.82) is 0 Å². The summed E-state index contributed by atoms with van der Waals surface area (Å²) in [5.74, 6) is 3.24. The molecule has 3 aromatic rings. The van der Waals surface area contributed by atoms with Gasteiger partial charge in [-0.2, -0.15) is 0 Å². The van der Waals surface area contributed by atoms with E-state index in [1.807, 2.05) is 0 Å². The second kappa shape index (κ2) is 18.6. The molecule has 4 rings (SSSR count). The van der Waals surface area contributed by atoms with Gasteiger partial charge in [-0.1, -0.05) is 0 Å². The molecule has 0 aliphatic heterocycles. The maximum absolute atomic E-state index is 2.83. The summed E-state index contributed by atoms with van der Waals surface area (Å²) in [5, 5.41) is 6.37. The van der Waals surface area contributed by atoms with Crippen LogP contribution in [-0.4, -0.2) is 8.07 Å². The van der Waals surface area contributed by atoms with Crippen LogP contribution in [0.3, 0.4) is 0 Å². The monoisotopic (exact) mass is 773 g/mol. The van der Waals surface area contributed by atoms with Gasteiger partial charge in [0, 0.05) is 0 Å². The van der Waals surface area contributed by atoms with E-state index in [0.29, 0.717) is 41.4 Å². The van der Waals surface area contributed by atoms with E-state index in [0.717, 1.165) is 6.42 Å². The van der Waals surface area contributed by atoms with Gasteiger partial charge in [0.15, 0.2) is 0 Å². The maximum Gasteiger partial charge on any atom is -0.147 e. The Morgan fingerprint density at radius 3 is 0.857 bits per heavy atom. The van der Waals surface area contributed by atoms with Gasteiger partial charge >= 0.3 is 298 Å². The summed E-state index contributed by atoms with van der Waals surface area (Å²) in [7, 11) is -2.83. The maximum atomic E-state index is 2.65. The number of hydrogen-bond acceptors (Lipinski definition) is 0. The molecule has 0 fully saturated rings. The van der Waals surface area contributed by atoms with Crippen molar-refractivity contribution in [2.24, 2.45) is 5.92 Å². The van der Waals surface area contributed by atoms with Gasteiger partial charge in [-0.15, -0.1) is 37.2 Å². The van der Waals surface area contributed by atoms with Crippen LogP contribution in [0.5, 0.6) is 0 Å². The Hall–Kier alpha value is -1.06.